The van der Waals surface area contributed by atoms with Crippen LogP contribution in [0.15, 0.2) is 192 Å². The van der Waals surface area contributed by atoms with E-state index in [9.17, 15) is 0 Å². The summed E-state index contributed by atoms with van der Waals surface area (Å²) in [5.41, 5.74) is 18.4. The summed E-state index contributed by atoms with van der Waals surface area (Å²) in [7, 11) is 0. The lowest BCUT2D eigenvalue weighted by Gasteiger charge is -2.31. The Kier molecular flexibility index (Phi) is 10.1. The smallest absolute Gasteiger partial charge is 0.0918 e. The molecule has 2 atom stereocenters. The van der Waals surface area contributed by atoms with E-state index in [1.807, 2.05) is 0 Å². The molecule has 2 heteroatoms. The van der Waals surface area contributed by atoms with Gasteiger partial charge in [0.2, 0.25) is 0 Å². The standard InChI is InChI=1S/C54H56N2/c1-38-19-18-27-48-40(3)56(50-28-17-16-26-49(48)50)52(38)36-42(41-20-14-15-21-41)33-34-55(47-31-29-45(30-32-47)53(4,5)43-22-10-8-11-23-43)51-37-46(35-39(51)2)54(6,7)44-24-12-9-13-25-44/h8-13,16-19,22-36,40-42H,1,14-15,20-21H2,2-7H3/b19-18?,34-33?,48-27?,52-36+. The van der Waals surface area contributed by atoms with Crippen molar-refractivity contribution in [3.05, 3.63) is 215 Å². The molecule has 4 aliphatic rings. The number of rotatable bonds is 10. The van der Waals surface area contributed by atoms with Gasteiger partial charge in [0.05, 0.1) is 11.7 Å². The third-order valence-corrected chi connectivity index (χ3v) is 13.0. The van der Waals surface area contributed by atoms with Crippen molar-refractivity contribution in [2.45, 2.75) is 84.1 Å². The fourth-order valence-electron chi connectivity index (χ4n) is 9.32. The molecule has 4 aromatic rings. The average Bonchev–Trinajstić information content (AvgIpc) is 3.96. The van der Waals surface area contributed by atoms with Crippen molar-refractivity contribution in [2.24, 2.45) is 11.8 Å². The van der Waals surface area contributed by atoms with E-state index in [0.717, 1.165) is 17.0 Å². The first-order chi connectivity index (χ1) is 27.0. The molecule has 8 rings (SSSR count). The van der Waals surface area contributed by atoms with Crippen molar-refractivity contribution in [3.63, 3.8) is 0 Å². The fraction of sp³-hybridized carbons (Fsp3) is 0.278. The SMILES string of the molecule is C=C1C=CC=C2c3ccccc3N(/C1=C/C(C=CN(C1=C=C(C(C)(C)c3ccccc3)C=C1C)c1ccc(C(C)(C)c3ccccc3)cc1)C1CCCC1)C2C. The molecule has 2 unspecified atom stereocenters. The maximum Gasteiger partial charge on any atom is 0.0918 e. The third-order valence-electron chi connectivity index (χ3n) is 13.0. The topological polar surface area (TPSA) is 6.48 Å². The highest BCUT2D eigenvalue weighted by Gasteiger charge is 2.35. The van der Waals surface area contributed by atoms with Crippen LogP contribution in [0.2, 0.25) is 0 Å². The largest absolute Gasteiger partial charge is 0.333 e. The highest BCUT2D eigenvalue weighted by atomic mass is 15.2. The Morgan fingerprint density at radius 2 is 1.39 bits per heavy atom. The highest BCUT2D eigenvalue weighted by molar-refractivity contribution is 5.91. The van der Waals surface area contributed by atoms with Crippen molar-refractivity contribution in [2.75, 3.05) is 9.80 Å². The molecule has 2 bridgehead atoms. The predicted octanol–water partition coefficient (Wildman–Crippen LogP) is 13.8. The van der Waals surface area contributed by atoms with E-state index in [2.05, 4.69) is 216 Å². The van der Waals surface area contributed by atoms with E-state index in [-0.39, 0.29) is 22.8 Å². The van der Waals surface area contributed by atoms with Crippen LogP contribution in [-0.2, 0) is 10.8 Å². The molecule has 0 N–H and O–H groups in total. The van der Waals surface area contributed by atoms with Gasteiger partial charge in [-0.05, 0) is 90.3 Å². The molecule has 1 fully saturated rings. The van der Waals surface area contributed by atoms with E-state index in [1.54, 1.807) is 0 Å². The Hall–Kier alpha value is -5.56. The summed E-state index contributed by atoms with van der Waals surface area (Å²) < 4.78 is 0. The molecule has 4 aromatic carbocycles. The van der Waals surface area contributed by atoms with Gasteiger partial charge in [-0.25, -0.2) is 0 Å². The van der Waals surface area contributed by atoms with Gasteiger partial charge in [-0.1, -0.05) is 174 Å². The summed E-state index contributed by atoms with van der Waals surface area (Å²) in [6.07, 6.45) is 21.4. The highest BCUT2D eigenvalue weighted by Crippen LogP contribution is 2.46. The van der Waals surface area contributed by atoms with Gasteiger partial charge in [0.1, 0.15) is 0 Å². The monoisotopic (exact) mass is 732 g/mol. The fourth-order valence-corrected chi connectivity index (χ4v) is 9.32. The second kappa shape index (κ2) is 15.2. The number of hydrogen-bond donors (Lipinski definition) is 0. The quantitative estimate of drug-likeness (QED) is 0.150. The lowest BCUT2D eigenvalue weighted by atomic mass is 9.78. The molecule has 0 amide bonds. The van der Waals surface area contributed by atoms with Crippen LogP contribution in [0.1, 0.15) is 89.5 Å². The predicted molar refractivity (Wildman–Crippen MR) is 239 cm³/mol. The first kappa shape index (κ1) is 37.4. The molecule has 0 aromatic heterocycles. The minimum absolute atomic E-state index is 0.121. The Morgan fingerprint density at radius 1 is 0.786 bits per heavy atom. The molecular formula is C54H56N2. The first-order valence-corrected chi connectivity index (χ1v) is 20.6. The molecule has 2 aliphatic heterocycles. The summed E-state index contributed by atoms with van der Waals surface area (Å²) in [6, 6.07) is 40.0. The number of fused-ring (bicyclic) bond motifs is 5. The van der Waals surface area contributed by atoms with Crippen LogP contribution in [0.25, 0.3) is 5.57 Å². The summed E-state index contributed by atoms with van der Waals surface area (Å²) in [5.74, 6) is 0.802. The Labute approximate surface area is 336 Å². The van der Waals surface area contributed by atoms with Gasteiger partial charge in [0, 0.05) is 51.2 Å². The van der Waals surface area contributed by atoms with Gasteiger partial charge in [-0.2, -0.15) is 0 Å². The number of nitrogens with zero attached hydrogens (tertiary/aromatic N) is 2. The number of anilines is 2. The molecular weight excluding hydrogens is 677 g/mol. The van der Waals surface area contributed by atoms with Gasteiger partial charge < -0.3 is 9.80 Å². The van der Waals surface area contributed by atoms with Crippen molar-refractivity contribution in [1.82, 2.24) is 0 Å². The van der Waals surface area contributed by atoms with E-state index >= 15 is 0 Å². The number of para-hydroxylation sites is 1. The molecule has 2 nitrogen and oxygen atoms in total. The summed E-state index contributed by atoms with van der Waals surface area (Å²) in [5, 5.41) is 0. The van der Waals surface area contributed by atoms with E-state index in [4.69, 9.17) is 0 Å². The summed E-state index contributed by atoms with van der Waals surface area (Å²) in [6.45, 7) is 18.5. The van der Waals surface area contributed by atoms with E-state index < -0.39 is 0 Å². The average molecular weight is 733 g/mol. The van der Waals surface area contributed by atoms with Crippen molar-refractivity contribution < 1.29 is 0 Å². The van der Waals surface area contributed by atoms with Crippen LogP contribution < -0.4 is 9.80 Å². The first-order valence-electron chi connectivity index (χ1n) is 20.6. The number of benzene rings is 4. The van der Waals surface area contributed by atoms with E-state index in [0.29, 0.717) is 5.92 Å². The summed E-state index contributed by atoms with van der Waals surface area (Å²) >= 11 is 0. The van der Waals surface area contributed by atoms with Crippen LogP contribution in [0, 0.1) is 11.8 Å². The van der Waals surface area contributed by atoms with Gasteiger partial charge in [0.25, 0.3) is 0 Å². The zero-order valence-electron chi connectivity index (χ0n) is 34.1. The molecule has 0 radical (unpaired) electrons. The summed E-state index contributed by atoms with van der Waals surface area (Å²) in [4.78, 5) is 4.92. The maximum absolute atomic E-state index is 4.64. The molecule has 0 saturated heterocycles. The van der Waals surface area contributed by atoms with Crippen molar-refractivity contribution in [1.29, 1.82) is 0 Å². The lowest BCUT2D eigenvalue weighted by molar-refractivity contribution is 0.467. The van der Waals surface area contributed by atoms with Gasteiger partial charge in [-0.15, -0.1) is 0 Å². The number of hydrogen-bond acceptors (Lipinski definition) is 2. The van der Waals surface area contributed by atoms with E-state index in [1.165, 1.54) is 76.0 Å². The molecule has 282 valence electrons. The third kappa shape index (κ3) is 6.93. The van der Waals surface area contributed by atoms with Crippen LogP contribution >= 0.6 is 0 Å². The van der Waals surface area contributed by atoms with Crippen molar-refractivity contribution >= 4 is 16.9 Å². The van der Waals surface area contributed by atoms with Crippen LogP contribution in [0.3, 0.4) is 0 Å². The van der Waals surface area contributed by atoms with Crippen LogP contribution in [0.4, 0.5) is 11.4 Å². The normalized spacial score (nSPS) is 19.8. The zero-order valence-corrected chi connectivity index (χ0v) is 34.1. The molecule has 2 heterocycles. The molecule has 56 heavy (non-hydrogen) atoms. The lowest BCUT2D eigenvalue weighted by Crippen LogP contribution is -2.30. The maximum atomic E-state index is 4.64. The molecule has 1 saturated carbocycles. The Morgan fingerprint density at radius 3 is 2.07 bits per heavy atom. The molecule has 2 aliphatic carbocycles. The minimum Gasteiger partial charge on any atom is -0.333 e. The van der Waals surface area contributed by atoms with Crippen LogP contribution in [0.5, 0.6) is 0 Å². The van der Waals surface area contributed by atoms with Crippen LogP contribution in [-0.4, -0.2) is 6.04 Å². The Balaban J connectivity index is 1.23. The van der Waals surface area contributed by atoms with Gasteiger partial charge in [0.15, 0.2) is 0 Å². The van der Waals surface area contributed by atoms with Crippen molar-refractivity contribution in [3.8, 4) is 0 Å². The minimum atomic E-state index is -0.192. The van der Waals surface area contributed by atoms with Gasteiger partial charge >= 0.3 is 0 Å². The number of allylic oxidation sites excluding steroid dienone is 7. The molecule has 0 spiro atoms. The van der Waals surface area contributed by atoms with Gasteiger partial charge in [-0.3, -0.25) is 0 Å². The zero-order chi connectivity index (χ0) is 39.0. The second-order valence-corrected chi connectivity index (χ2v) is 17.2. The second-order valence-electron chi connectivity index (χ2n) is 17.2. The Bertz CT molecular complexity index is 2330.